The molecule has 94 valence electrons. The Morgan fingerprint density at radius 2 is 2.06 bits per heavy atom. The summed E-state index contributed by atoms with van der Waals surface area (Å²) in [6, 6.07) is 0. The minimum Gasteiger partial charge on any atom is -0.409 e. The van der Waals surface area contributed by atoms with Crippen LogP contribution >= 0.6 is 0 Å². The Morgan fingerprint density at radius 1 is 1.50 bits per heavy atom. The van der Waals surface area contributed by atoms with Gasteiger partial charge in [0.2, 0.25) is 5.91 Å². The number of likely N-dealkylation sites (N-methyl/N-ethyl adjacent to an activating group) is 1. The average Bonchev–Trinajstić information content (AvgIpc) is 2.16. The van der Waals surface area contributed by atoms with Gasteiger partial charge < -0.3 is 21.2 Å². The summed E-state index contributed by atoms with van der Waals surface area (Å²) in [6.07, 6.45) is 0. The number of oxime groups is 1. The van der Waals surface area contributed by atoms with Gasteiger partial charge in [0, 0.05) is 13.1 Å². The predicted octanol–water partition coefficient (Wildman–Crippen LogP) is -0.317. The van der Waals surface area contributed by atoms with Crippen LogP contribution in [-0.2, 0) is 4.79 Å². The highest BCUT2D eigenvalue weighted by molar-refractivity contribution is 6.02. The van der Waals surface area contributed by atoms with E-state index in [4.69, 9.17) is 10.9 Å². The molecule has 0 radical (unpaired) electrons. The first-order valence-electron chi connectivity index (χ1n) is 5.30. The zero-order valence-electron chi connectivity index (χ0n) is 10.4. The van der Waals surface area contributed by atoms with Crippen LogP contribution in [0.3, 0.4) is 0 Å². The van der Waals surface area contributed by atoms with Crippen molar-refractivity contribution in [1.29, 1.82) is 0 Å². The Morgan fingerprint density at radius 3 is 2.44 bits per heavy atom. The fraction of sp³-hybridized carbons (Fsp3) is 0.800. The van der Waals surface area contributed by atoms with Crippen molar-refractivity contribution in [2.24, 2.45) is 22.7 Å². The van der Waals surface area contributed by atoms with E-state index in [2.05, 4.69) is 10.5 Å². The standard InChI is InChI=1S/C10H22N4O2/c1-7(2)8(9(11)13-16)10(15)12-5-6-14(3)4/h7-8,16H,5-6H2,1-4H3,(H2,11,13)(H,12,15). The van der Waals surface area contributed by atoms with E-state index >= 15 is 0 Å². The van der Waals surface area contributed by atoms with Gasteiger partial charge in [-0.2, -0.15) is 0 Å². The number of amides is 1. The van der Waals surface area contributed by atoms with E-state index in [-0.39, 0.29) is 17.7 Å². The van der Waals surface area contributed by atoms with E-state index in [0.717, 1.165) is 6.54 Å². The van der Waals surface area contributed by atoms with Crippen LogP contribution < -0.4 is 11.1 Å². The first-order chi connectivity index (χ1) is 7.40. The van der Waals surface area contributed by atoms with Crippen molar-refractivity contribution in [3.8, 4) is 0 Å². The largest absolute Gasteiger partial charge is 0.409 e. The van der Waals surface area contributed by atoms with Crippen LogP contribution in [0.4, 0.5) is 0 Å². The van der Waals surface area contributed by atoms with Crippen molar-refractivity contribution in [3.05, 3.63) is 0 Å². The van der Waals surface area contributed by atoms with E-state index in [1.165, 1.54) is 0 Å². The van der Waals surface area contributed by atoms with Crippen molar-refractivity contribution in [2.45, 2.75) is 13.8 Å². The third-order valence-electron chi connectivity index (χ3n) is 2.24. The zero-order valence-corrected chi connectivity index (χ0v) is 10.4. The Hall–Kier alpha value is -1.30. The summed E-state index contributed by atoms with van der Waals surface area (Å²) < 4.78 is 0. The number of hydrogen-bond acceptors (Lipinski definition) is 4. The van der Waals surface area contributed by atoms with Gasteiger partial charge in [0.15, 0.2) is 5.84 Å². The fourth-order valence-corrected chi connectivity index (χ4v) is 1.35. The first kappa shape index (κ1) is 14.7. The number of rotatable bonds is 6. The number of nitrogens with two attached hydrogens (primary N) is 1. The Kier molecular flexibility index (Phi) is 6.48. The lowest BCUT2D eigenvalue weighted by molar-refractivity contribution is -0.124. The third kappa shape index (κ3) is 4.97. The Labute approximate surface area is 96.5 Å². The molecule has 0 aromatic heterocycles. The summed E-state index contributed by atoms with van der Waals surface area (Å²) in [7, 11) is 3.85. The molecule has 0 aliphatic rings. The summed E-state index contributed by atoms with van der Waals surface area (Å²) in [5.41, 5.74) is 5.48. The number of hydrogen-bond donors (Lipinski definition) is 3. The Balaban J connectivity index is 4.30. The molecule has 1 unspecified atom stereocenters. The van der Waals surface area contributed by atoms with Gasteiger partial charge in [-0.25, -0.2) is 0 Å². The van der Waals surface area contributed by atoms with Crippen LogP contribution in [0.1, 0.15) is 13.8 Å². The van der Waals surface area contributed by atoms with Crippen molar-refractivity contribution in [2.75, 3.05) is 27.2 Å². The monoisotopic (exact) mass is 230 g/mol. The molecular formula is C10H22N4O2. The molecule has 0 aromatic rings. The fourth-order valence-electron chi connectivity index (χ4n) is 1.35. The van der Waals surface area contributed by atoms with Gasteiger partial charge in [0.1, 0.15) is 5.92 Å². The maximum absolute atomic E-state index is 11.8. The number of carbonyl (C=O) groups is 1. The van der Waals surface area contributed by atoms with Gasteiger partial charge in [-0.1, -0.05) is 19.0 Å². The number of carbonyl (C=O) groups excluding carboxylic acids is 1. The highest BCUT2D eigenvalue weighted by atomic mass is 16.4. The highest BCUT2D eigenvalue weighted by Gasteiger charge is 2.26. The molecule has 1 atom stereocenters. The van der Waals surface area contributed by atoms with Gasteiger partial charge in [0.25, 0.3) is 0 Å². The molecule has 16 heavy (non-hydrogen) atoms. The molecule has 0 fully saturated rings. The molecule has 0 rings (SSSR count). The summed E-state index contributed by atoms with van der Waals surface area (Å²) in [4.78, 5) is 13.7. The molecule has 0 aromatic carbocycles. The summed E-state index contributed by atoms with van der Waals surface area (Å²) in [6.45, 7) is 5.02. The smallest absolute Gasteiger partial charge is 0.231 e. The second-order valence-electron chi connectivity index (χ2n) is 4.34. The van der Waals surface area contributed by atoms with Crippen LogP contribution in [0.15, 0.2) is 5.16 Å². The number of nitrogens with one attached hydrogen (secondary N) is 1. The summed E-state index contributed by atoms with van der Waals surface area (Å²) >= 11 is 0. The lowest BCUT2D eigenvalue weighted by Gasteiger charge is -2.19. The van der Waals surface area contributed by atoms with Crippen molar-refractivity contribution in [3.63, 3.8) is 0 Å². The molecule has 1 amide bonds. The predicted molar refractivity (Wildman–Crippen MR) is 63.3 cm³/mol. The van der Waals surface area contributed by atoms with Crippen LogP contribution in [0.2, 0.25) is 0 Å². The highest BCUT2D eigenvalue weighted by Crippen LogP contribution is 2.10. The van der Waals surface area contributed by atoms with Gasteiger partial charge in [-0.05, 0) is 20.0 Å². The number of nitrogens with zero attached hydrogens (tertiary/aromatic N) is 2. The van der Waals surface area contributed by atoms with Gasteiger partial charge >= 0.3 is 0 Å². The summed E-state index contributed by atoms with van der Waals surface area (Å²) in [5, 5.41) is 14.2. The normalized spacial score (nSPS) is 14.2. The SMILES string of the molecule is CC(C)C(C(=O)NCCN(C)C)C(N)=NO. The molecule has 0 saturated carbocycles. The second kappa shape index (κ2) is 7.05. The van der Waals surface area contributed by atoms with Crippen LogP contribution in [0, 0.1) is 11.8 Å². The van der Waals surface area contributed by atoms with E-state index in [9.17, 15) is 4.79 Å². The zero-order chi connectivity index (χ0) is 12.7. The molecule has 6 nitrogen and oxygen atoms in total. The lowest BCUT2D eigenvalue weighted by atomic mass is 9.94. The van der Waals surface area contributed by atoms with Crippen LogP contribution in [-0.4, -0.2) is 49.0 Å². The van der Waals surface area contributed by atoms with Crippen molar-refractivity contribution in [1.82, 2.24) is 10.2 Å². The van der Waals surface area contributed by atoms with E-state index in [1.54, 1.807) is 0 Å². The molecule has 0 bridgehead atoms. The van der Waals surface area contributed by atoms with Crippen LogP contribution in [0.25, 0.3) is 0 Å². The first-order valence-corrected chi connectivity index (χ1v) is 5.30. The maximum atomic E-state index is 11.8. The van der Waals surface area contributed by atoms with Gasteiger partial charge in [-0.15, -0.1) is 0 Å². The molecule has 0 saturated heterocycles. The number of amidine groups is 1. The summed E-state index contributed by atoms with van der Waals surface area (Å²) in [5.74, 6) is -0.827. The Bertz CT molecular complexity index is 251. The molecule has 6 heteroatoms. The average molecular weight is 230 g/mol. The van der Waals surface area contributed by atoms with Crippen molar-refractivity contribution >= 4 is 11.7 Å². The van der Waals surface area contributed by atoms with E-state index in [0.29, 0.717) is 6.54 Å². The third-order valence-corrected chi connectivity index (χ3v) is 2.24. The van der Waals surface area contributed by atoms with E-state index in [1.807, 2.05) is 32.8 Å². The molecule has 0 heterocycles. The topological polar surface area (TPSA) is 91.0 Å². The van der Waals surface area contributed by atoms with Gasteiger partial charge in [0.05, 0.1) is 0 Å². The molecule has 0 spiro atoms. The van der Waals surface area contributed by atoms with Gasteiger partial charge in [-0.3, -0.25) is 4.79 Å². The molecular weight excluding hydrogens is 208 g/mol. The molecule has 0 aliphatic carbocycles. The van der Waals surface area contributed by atoms with E-state index < -0.39 is 5.92 Å². The molecule has 4 N–H and O–H groups in total. The second-order valence-corrected chi connectivity index (χ2v) is 4.34. The quantitative estimate of drug-likeness (QED) is 0.252. The molecule has 0 aliphatic heterocycles. The maximum Gasteiger partial charge on any atom is 0.231 e. The minimum atomic E-state index is -0.577. The minimum absolute atomic E-state index is 0.00439. The van der Waals surface area contributed by atoms with Crippen LogP contribution in [0.5, 0.6) is 0 Å². The lowest BCUT2D eigenvalue weighted by Crippen LogP contribution is -2.43. The van der Waals surface area contributed by atoms with Crippen molar-refractivity contribution < 1.29 is 10.0 Å².